The minimum atomic E-state index is 0.219. The molecule has 1 amide bonds. The van der Waals surface area contributed by atoms with Crippen molar-refractivity contribution in [2.24, 2.45) is 11.7 Å². The van der Waals surface area contributed by atoms with Gasteiger partial charge in [-0.2, -0.15) is 0 Å². The molecule has 0 radical (unpaired) electrons. The lowest BCUT2D eigenvalue weighted by Crippen LogP contribution is -2.24. The highest BCUT2D eigenvalue weighted by Crippen LogP contribution is 2.24. The Bertz CT molecular complexity index is 433. The van der Waals surface area contributed by atoms with Crippen molar-refractivity contribution in [3.8, 4) is 0 Å². The van der Waals surface area contributed by atoms with Crippen LogP contribution < -0.4 is 5.73 Å². The molecule has 4 heteroatoms. The van der Waals surface area contributed by atoms with Gasteiger partial charge in [-0.25, -0.2) is 0 Å². The number of halogens is 1. The molecule has 1 aliphatic rings. The van der Waals surface area contributed by atoms with E-state index in [1.165, 1.54) is 0 Å². The zero-order valence-corrected chi connectivity index (χ0v) is 10.7. The summed E-state index contributed by atoms with van der Waals surface area (Å²) in [7, 11) is 0. The van der Waals surface area contributed by atoms with E-state index in [1.807, 2.05) is 23.1 Å². The van der Waals surface area contributed by atoms with Crippen LogP contribution in [0, 0.1) is 5.92 Å². The molecule has 1 heterocycles. The largest absolute Gasteiger partial charge is 0.338 e. The van der Waals surface area contributed by atoms with Gasteiger partial charge in [0.25, 0.3) is 0 Å². The Kier molecular flexibility index (Phi) is 3.69. The monoisotopic (exact) mass is 252 g/mol. The van der Waals surface area contributed by atoms with E-state index in [4.69, 9.17) is 17.3 Å². The van der Waals surface area contributed by atoms with E-state index in [0.29, 0.717) is 30.5 Å². The van der Waals surface area contributed by atoms with E-state index >= 15 is 0 Å². The van der Waals surface area contributed by atoms with E-state index in [-0.39, 0.29) is 5.91 Å². The Morgan fingerprint density at radius 2 is 2.29 bits per heavy atom. The molecule has 0 saturated carbocycles. The number of carbonyl (C=O) groups excluding carboxylic acids is 1. The van der Waals surface area contributed by atoms with Gasteiger partial charge in [0.15, 0.2) is 0 Å². The van der Waals surface area contributed by atoms with Crippen LogP contribution in [-0.2, 0) is 17.9 Å². The average Bonchev–Trinajstić information content (AvgIpc) is 2.60. The number of carbonyl (C=O) groups is 1. The zero-order valence-electron chi connectivity index (χ0n) is 9.95. The third kappa shape index (κ3) is 2.79. The van der Waals surface area contributed by atoms with Crippen LogP contribution in [0.4, 0.5) is 0 Å². The highest BCUT2D eigenvalue weighted by atomic mass is 35.5. The summed E-state index contributed by atoms with van der Waals surface area (Å²) >= 11 is 6.18. The lowest BCUT2D eigenvalue weighted by Gasteiger charge is -2.17. The maximum atomic E-state index is 11.7. The van der Waals surface area contributed by atoms with Crippen LogP contribution in [0.3, 0.4) is 0 Å². The standard InChI is InChI=1S/C13H17ClN2O/c1-9-4-13(17)16(7-9)8-11-3-2-10(6-15)5-12(11)14/h2-3,5,9H,4,6-8,15H2,1H3. The second-order valence-corrected chi connectivity index (χ2v) is 5.12. The van der Waals surface area contributed by atoms with E-state index < -0.39 is 0 Å². The molecule has 0 spiro atoms. The summed E-state index contributed by atoms with van der Waals surface area (Å²) in [6.45, 7) is 4.01. The maximum Gasteiger partial charge on any atom is 0.223 e. The average molecular weight is 253 g/mol. The van der Waals surface area contributed by atoms with Gasteiger partial charge < -0.3 is 10.6 Å². The minimum Gasteiger partial charge on any atom is -0.338 e. The first-order chi connectivity index (χ1) is 8.10. The summed E-state index contributed by atoms with van der Waals surface area (Å²) in [6, 6.07) is 5.80. The number of likely N-dealkylation sites (tertiary alicyclic amines) is 1. The van der Waals surface area contributed by atoms with E-state index in [1.54, 1.807) is 0 Å². The van der Waals surface area contributed by atoms with Crippen molar-refractivity contribution in [3.05, 3.63) is 34.3 Å². The molecule has 1 atom stereocenters. The first-order valence-electron chi connectivity index (χ1n) is 5.85. The van der Waals surface area contributed by atoms with Gasteiger partial charge in [-0.05, 0) is 23.1 Å². The summed E-state index contributed by atoms with van der Waals surface area (Å²) in [6.07, 6.45) is 0.651. The summed E-state index contributed by atoms with van der Waals surface area (Å²) in [5.74, 6) is 0.668. The fourth-order valence-corrected chi connectivity index (χ4v) is 2.44. The maximum absolute atomic E-state index is 11.7. The third-order valence-electron chi connectivity index (χ3n) is 3.12. The number of nitrogens with zero attached hydrogens (tertiary/aromatic N) is 1. The molecule has 1 fully saturated rings. The van der Waals surface area contributed by atoms with Gasteiger partial charge in [0.2, 0.25) is 5.91 Å². The molecule has 1 saturated heterocycles. The Morgan fingerprint density at radius 1 is 1.53 bits per heavy atom. The normalized spacial score (nSPS) is 20.1. The molecule has 1 aliphatic heterocycles. The number of hydrogen-bond acceptors (Lipinski definition) is 2. The molecule has 1 aromatic carbocycles. The number of rotatable bonds is 3. The Hall–Kier alpha value is -1.06. The Morgan fingerprint density at radius 3 is 2.82 bits per heavy atom. The van der Waals surface area contributed by atoms with E-state index in [2.05, 4.69) is 6.92 Å². The van der Waals surface area contributed by atoms with Crippen LogP contribution in [0.1, 0.15) is 24.5 Å². The van der Waals surface area contributed by atoms with E-state index in [0.717, 1.165) is 17.7 Å². The van der Waals surface area contributed by atoms with Crippen molar-refractivity contribution >= 4 is 17.5 Å². The first kappa shape index (κ1) is 12.4. The number of benzene rings is 1. The highest BCUT2D eigenvalue weighted by molar-refractivity contribution is 6.31. The van der Waals surface area contributed by atoms with Crippen LogP contribution in [0.5, 0.6) is 0 Å². The fourth-order valence-electron chi connectivity index (χ4n) is 2.17. The predicted molar refractivity (Wildman–Crippen MR) is 68.5 cm³/mol. The number of amides is 1. The molecular weight excluding hydrogens is 236 g/mol. The predicted octanol–water partition coefficient (Wildman–Crippen LogP) is 2.17. The van der Waals surface area contributed by atoms with Gasteiger partial charge in [-0.15, -0.1) is 0 Å². The van der Waals surface area contributed by atoms with Crippen molar-refractivity contribution in [3.63, 3.8) is 0 Å². The lowest BCUT2D eigenvalue weighted by atomic mass is 10.1. The Labute approximate surface area is 107 Å². The Balaban J connectivity index is 2.11. The highest BCUT2D eigenvalue weighted by Gasteiger charge is 2.26. The van der Waals surface area contributed by atoms with Crippen molar-refractivity contribution in [1.82, 2.24) is 4.90 Å². The van der Waals surface area contributed by atoms with Crippen LogP contribution in [-0.4, -0.2) is 17.4 Å². The SMILES string of the molecule is CC1CC(=O)N(Cc2ccc(CN)cc2Cl)C1. The van der Waals surface area contributed by atoms with Crippen molar-refractivity contribution < 1.29 is 4.79 Å². The minimum absolute atomic E-state index is 0.219. The van der Waals surface area contributed by atoms with Crippen molar-refractivity contribution in [2.45, 2.75) is 26.4 Å². The van der Waals surface area contributed by atoms with Crippen LogP contribution >= 0.6 is 11.6 Å². The summed E-state index contributed by atoms with van der Waals surface area (Å²) in [5, 5.41) is 0.695. The summed E-state index contributed by atoms with van der Waals surface area (Å²) in [5.41, 5.74) is 7.56. The molecule has 3 nitrogen and oxygen atoms in total. The van der Waals surface area contributed by atoms with Gasteiger partial charge in [0, 0.05) is 31.1 Å². The smallest absolute Gasteiger partial charge is 0.223 e. The third-order valence-corrected chi connectivity index (χ3v) is 3.47. The number of hydrogen-bond donors (Lipinski definition) is 1. The van der Waals surface area contributed by atoms with Crippen molar-refractivity contribution in [2.75, 3.05) is 6.54 Å². The molecule has 2 rings (SSSR count). The van der Waals surface area contributed by atoms with Gasteiger partial charge in [0.1, 0.15) is 0 Å². The van der Waals surface area contributed by atoms with Crippen LogP contribution in [0.2, 0.25) is 5.02 Å². The molecule has 0 aliphatic carbocycles. The molecule has 2 N–H and O–H groups in total. The van der Waals surface area contributed by atoms with E-state index in [9.17, 15) is 4.79 Å². The molecule has 0 bridgehead atoms. The number of nitrogens with two attached hydrogens (primary N) is 1. The first-order valence-corrected chi connectivity index (χ1v) is 6.23. The van der Waals surface area contributed by atoms with Crippen LogP contribution in [0.15, 0.2) is 18.2 Å². The fraction of sp³-hybridized carbons (Fsp3) is 0.462. The molecular formula is C13H17ClN2O. The molecule has 0 aromatic heterocycles. The van der Waals surface area contributed by atoms with Gasteiger partial charge in [-0.1, -0.05) is 30.7 Å². The molecule has 17 heavy (non-hydrogen) atoms. The quantitative estimate of drug-likeness (QED) is 0.896. The molecule has 1 unspecified atom stereocenters. The lowest BCUT2D eigenvalue weighted by molar-refractivity contribution is -0.128. The van der Waals surface area contributed by atoms with Gasteiger partial charge in [-0.3, -0.25) is 4.79 Å². The van der Waals surface area contributed by atoms with Crippen molar-refractivity contribution in [1.29, 1.82) is 0 Å². The zero-order chi connectivity index (χ0) is 12.4. The topological polar surface area (TPSA) is 46.3 Å². The van der Waals surface area contributed by atoms with Gasteiger partial charge >= 0.3 is 0 Å². The second-order valence-electron chi connectivity index (χ2n) is 4.71. The second kappa shape index (κ2) is 5.07. The van der Waals surface area contributed by atoms with Gasteiger partial charge in [0.05, 0.1) is 0 Å². The molecule has 92 valence electrons. The summed E-state index contributed by atoms with van der Waals surface area (Å²) < 4.78 is 0. The summed E-state index contributed by atoms with van der Waals surface area (Å²) in [4.78, 5) is 13.6. The van der Waals surface area contributed by atoms with Crippen LogP contribution in [0.25, 0.3) is 0 Å². The molecule has 1 aromatic rings.